The summed E-state index contributed by atoms with van der Waals surface area (Å²) in [5.74, 6) is 0.868. The fourth-order valence-corrected chi connectivity index (χ4v) is 3.65. The number of piperidine rings is 1. The lowest BCUT2D eigenvalue weighted by Gasteiger charge is -2.42. The number of nitrogens with zero attached hydrogens (tertiary/aromatic N) is 1. The average molecular weight is 317 g/mol. The normalized spacial score (nSPS) is 26.7. The van der Waals surface area contributed by atoms with Gasteiger partial charge in [0.05, 0.1) is 6.04 Å². The van der Waals surface area contributed by atoms with Crippen LogP contribution in [0.25, 0.3) is 0 Å². The van der Waals surface area contributed by atoms with E-state index < -0.39 is 0 Å². The molecule has 23 heavy (non-hydrogen) atoms. The van der Waals surface area contributed by atoms with E-state index in [0.29, 0.717) is 11.8 Å². The van der Waals surface area contributed by atoms with Crippen LogP contribution in [-0.2, 0) is 11.3 Å². The molecule has 4 nitrogen and oxygen atoms in total. The SMILES string of the molecule is CCCC(N)C(=O)NC1C(C)CN(Cc2ccccc2)CC1C. The summed E-state index contributed by atoms with van der Waals surface area (Å²) < 4.78 is 0. The number of rotatable bonds is 6. The molecule has 3 atom stereocenters. The maximum atomic E-state index is 12.2. The van der Waals surface area contributed by atoms with E-state index in [1.54, 1.807) is 0 Å². The Kier molecular flexibility index (Phi) is 6.60. The predicted octanol–water partition coefficient (Wildman–Crippen LogP) is 2.39. The molecule has 0 radical (unpaired) electrons. The van der Waals surface area contributed by atoms with Crippen LogP contribution in [-0.4, -0.2) is 36.0 Å². The van der Waals surface area contributed by atoms with Crippen molar-refractivity contribution >= 4 is 5.91 Å². The molecular formula is C19H31N3O. The number of carbonyl (C=O) groups is 1. The van der Waals surface area contributed by atoms with E-state index in [1.807, 2.05) is 0 Å². The van der Waals surface area contributed by atoms with Crippen LogP contribution in [0.2, 0.25) is 0 Å². The lowest BCUT2D eigenvalue weighted by Crippen LogP contribution is -2.57. The molecule has 0 spiro atoms. The first-order chi connectivity index (χ1) is 11.0. The number of hydrogen-bond acceptors (Lipinski definition) is 3. The number of benzene rings is 1. The van der Waals surface area contributed by atoms with Crippen LogP contribution in [0.5, 0.6) is 0 Å². The fraction of sp³-hybridized carbons (Fsp3) is 0.632. The molecule has 3 unspecified atom stereocenters. The van der Waals surface area contributed by atoms with Crippen molar-refractivity contribution in [3.8, 4) is 0 Å². The van der Waals surface area contributed by atoms with Gasteiger partial charge in [-0.05, 0) is 23.8 Å². The molecule has 1 amide bonds. The Balaban J connectivity index is 1.90. The monoisotopic (exact) mass is 317 g/mol. The largest absolute Gasteiger partial charge is 0.351 e. The minimum Gasteiger partial charge on any atom is -0.351 e. The highest BCUT2D eigenvalue weighted by atomic mass is 16.2. The van der Waals surface area contributed by atoms with E-state index in [9.17, 15) is 4.79 Å². The van der Waals surface area contributed by atoms with E-state index in [2.05, 4.69) is 61.3 Å². The topological polar surface area (TPSA) is 58.4 Å². The number of amides is 1. The molecule has 1 aliphatic heterocycles. The van der Waals surface area contributed by atoms with E-state index in [1.165, 1.54) is 5.56 Å². The molecule has 4 heteroatoms. The van der Waals surface area contributed by atoms with Crippen LogP contribution in [0.3, 0.4) is 0 Å². The Labute approximate surface area is 140 Å². The Hall–Kier alpha value is -1.39. The van der Waals surface area contributed by atoms with Gasteiger partial charge in [0.25, 0.3) is 0 Å². The fourth-order valence-electron chi connectivity index (χ4n) is 3.65. The molecule has 1 fully saturated rings. The van der Waals surface area contributed by atoms with Crippen molar-refractivity contribution in [2.75, 3.05) is 13.1 Å². The van der Waals surface area contributed by atoms with Crippen LogP contribution in [0.4, 0.5) is 0 Å². The standard InChI is InChI=1S/C19H31N3O/c1-4-8-17(20)19(23)21-18-14(2)11-22(12-15(18)3)13-16-9-6-5-7-10-16/h5-7,9-10,14-15,17-18H,4,8,11-13,20H2,1-3H3,(H,21,23). The van der Waals surface area contributed by atoms with Crippen molar-refractivity contribution in [1.82, 2.24) is 10.2 Å². The van der Waals surface area contributed by atoms with E-state index in [0.717, 1.165) is 32.5 Å². The number of nitrogens with one attached hydrogen (secondary N) is 1. The molecular weight excluding hydrogens is 286 g/mol. The number of likely N-dealkylation sites (tertiary alicyclic amines) is 1. The quantitative estimate of drug-likeness (QED) is 0.847. The van der Waals surface area contributed by atoms with Gasteiger partial charge >= 0.3 is 0 Å². The van der Waals surface area contributed by atoms with Gasteiger partial charge in [-0.1, -0.05) is 57.5 Å². The first kappa shape index (κ1) is 18.0. The molecule has 0 bridgehead atoms. The first-order valence-corrected chi connectivity index (χ1v) is 8.83. The summed E-state index contributed by atoms with van der Waals surface area (Å²) in [5, 5.41) is 3.20. The lowest BCUT2D eigenvalue weighted by atomic mass is 9.85. The van der Waals surface area contributed by atoms with Gasteiger partial charge < -0.3 is 11.1 Å². The first-order valence-electron chi connectivity index (χ1n) is 8.83. The van der Waals surface area contributed by atoms with Crippen LogP contribution < -0.4 is 11.1 Å². The van der Waals surface area contributed by atoms with Gasteiger partial charge in [0.2, 0.25) is 5.91 Å². The molecule has 0 aromatic heterocycles. The van der Waals surface area contributed by atoms with Crippen LogP contribution >= 0.6 is 0 Å². The average Bonchev–Trinajstić information content (AvgIpc) is 2.52. The molecule has 128 valence electrons. The molecule has 1 aliphatic rings. The molecule has 1 saturated heterocycles. The van der Waals surface area contributed by atoms with Gasteiger partial charge in [-0.3, -0.25) is 9.69 Å². The number of carbonyl (C=O) groups excluding carboxylic acids is 1. The van der Waals surface area contributed by atoms with Crippen molar-refractivity contribution in [3.63, 3.8) is 0 Å². The van der Waals surface area contributed by atoms with Gasteiger partial charge in [-0.2, -0.15) is 0 Å². The predicted molar refractivity (Wildman–Crippen MR) is 94.9 cm³/mol. The lowest BCUT2D eigenvalue weighted by molar-refractivity contribution is -0.124. The third-order valence-corrected chi connectivity index (χ3v) is 4.81. The Morgan fingerprint density at radius 2 is 1.87 bits per heavy atom. The summed E-state index contributed by atoms with van der Waals surface area (Å²) in [6.45, 7) is 9.50. The zero-order valence-corrected chi connectivity index (χ0v) is 14.7. The second-order valence-electron chi connectivity index (χ2n) is 7.06. The van der Waals surface area contributed by atoms with Crippen LogP contribution in [0.15, 0.2) is 30.3 Å². The zero-order chi connectivity index (χ0) is 16.8. The molecule has 1 heterocycles. The Bertz CT molecular complexity index is 479. The van der Waals surface area contributed by atoms with Gasteiger partial charge in [-0.15, -0.1) is 0 Å². The summed E-state index contributed by atoms with van der Waals surface area (Å²) in [5.41, 5.74) is 7.29. The maximum Gasteiger partial charge on any atom is 0.237 e. The van der Waals surface area contributed by atoms with Gasteiger partial charge in [-0.25, -0.2) is 0 Å². The Morgan fingerprint density at radius 1 is 1.26 bits per heavy atom. The second-order valence-corrected chi connectivity index (χ2v) is 7.06. The summed E-state index contributed by atoms with van der Waals surface area (Å²) in [6, 6.07) is 10.4. The van der Waals surface area contributed by atoms with Crippen LogP contribution in [0.1, 0.15) is 39.2 Å². The molecule has 3 N–H and O–H groups in total. The minimum absolute atomic E-state index is 0.00654. The van der Waals surface area contributed by atoms with E-state index in [4.69, 9.17) is 5.73 Å². The van der Waals surface area contributed by atoms with Gasteiger partial charge in [0.15, 0.2) is 0 Å². The third kappa shape index (κ3) is 5.05. The van der Waals surface area contributed by atoms with Crippen molar-refractivity contribution < 1.29 is 4.79 Å². The van der Waals surface area contributed by atoms with Crippen molar-refractivity contribution in [3.05, 3.63) is 35.9 Å². The molecule has 2 rings (SSSR count). The summed E-state index contributed by atoms with van der Waals surface area (Å²) in [4.78, 5) is 14.7. The smallest absolute Gasteiger partial charge is 0.237 e. The van der Waals surface area contributed by atoms with Crippen molar-refractivity contribution in [1.29, 1.82) is 0 Å². The molecule has 1 aromatic carbocycles. The van der Waals surface area contributed by atoms with Gasteiger partial charge in [0.1, 0.15) is 0 Å². The second kappa shape index (κ2) is 8.46. The molecule has 0 aliphatic carbocycles. The molecule has 1 aromatic rings. The maximum absolute atomic E-state index is 12.2. The van der Waals surface area contributed by atoms with Crippen molar-refractivity contribution in [2.45, 2.75) is 52.2 Å². The number of hydrogen-bond donors (Lipinski definition) is 2. The van der Waals surface area contributed by atoms with Crippen LogP contribution in [0, 0.1) is 11.8 Å². The summed E-state index contributed by atoms with van der Waals surface area (Å²) in [7, 11) is 0. The third-order valence-electron chi connectivity index (χ3n) is 4.81. The van der Waals surface area contributed by atoms with Gasteiger partial charge in [0, 0.05) is 25.7 Å². The minimum atomic E-state index is -0.373. The number of nitrogens with two attached hydrogens (primary N) is 1. The Morgan fingerprint density at radius 3 is 2.43 bits per heavy atom. The summed E-state index contributed by atoms with van der Waals surface area (Å²) in [6.07, 6.45) is 1.69. The van der Waals surface area contributed by atoms with E-state index >= 15 is 0 Å². The highest BCUT2D eigenvalue weighted by molar-refractivity contribution is 5.81. The molecule has 0 saturated carbocycles. The zero-order valence-electron chi connectivity index (χ0n) is 14.7. The van der Waals surface area contributed by atoms with E-state index in [-0.39, 0.29) is 18.0 Å². The summed E-state index contributed by atoms with van der Waals surface area (Å²) >= 11 is 0. The highest BCUT2D eigenvalue weighted by Crippen LogP contribution is 2.23. The highest BCUT2D eigenvalue weighted by Gasteiger charge is 2.33. The van der Waals surface area contributed by atoms with Crippen molar-refractivity contribution in [2.24, 2.45) is 17.6 Å².